The third kappa shape index (κ3) is 1.48. The molecule has 0 saturated heterocycles. The third-order valence-electron chi connectivity index (χ3n) is 2.23. The van der Waals surface area contributed by atoms with Crippen LogP contribution in [0.1, 0.15) is 20.3 Å². The fourth-order valence-electron chi connectivity index (χ4n) is 1.66. The minimum absolute atomic E-state index is 0.00516. The summed E-state index contributed by atoms with van der Waals surface area (Å²) in [6.45, 7) is 5.36. The summed E-state index contributed by atoms with van der Waals surface area (Å²) in [5, 5.41) is 5.92. The van der Waals surface area contributed by atoms with Gasteiger partial charge < -0.3 is 15.4 Å². The lowest BCUT2D eigenvalue weighted by Crippen LogP contribution is -2.30. The molecule has 0 aromatic carbocycles. The third-order valence-corrected chi connectivity index (χ3v) is 2.23. The molecule has 0 aromatic heterocycles. The van der Waals surface area contributed by atoms with Gasteiger partial charge in [-0.25, -0.2) is 0 Å². The fourth-order valence-corrected chi connectivity index (χ4v) is 1.66. The summed E-state index contributed by atoms with van der Waals surface area (Å²) in [5.74, 6) is 0.672. The first-order valence-electron chi connectivity index (χ1n) is 4.53. The van der Waals surface area contributed by atoms with Crippen LogP contribution in [0.15, 0.2) is 11.5 Å². The zero-order valence-corrected chi connectivity index (χ0v) is 7.94. The normalized spacial score (nSPS) is 25.5. The van der Waals surface area contributed by atoms with Crippen molar-refractivity contribution in [1.29, 1.82) is 0 Å². The predicted molar refractivity (Wildman–Crippen MR) is 47.8 cm³/mol. The number of carbonyl (C=O) groups excluding carboxylic acids is 1. The van der Waals surface area contributed by atoms with E-state index >= 15 is 0 Å². The minimum Gasteiger partial charge on any atom is -0.472 e. The van der Waals surface area contributed by atoms with E-state index in [2.05, 4.69) is 10.6 Å². The standard InChI is InChI=1S/C9H14N2O2/c1-9(2)5-6-7(12)10-3-4-11-8(6)13-9/h11H,3-5H2,1-2H3,(H,10,12). The van der Waals surface area contributed by atoms with E-state index in [1.54, 1.807) is 0 Å². The molecule has 2 aliphatic rings. The molecule has 2 rings (SSSR count). The second kappa shape index (κ2) is 2.65. The van der Waals surface area contributed by atoms with Crippen LogP contribution < -0.4 is 10.6 Å². The van der Waals surface area contributed by atoms with Crippen LogP contribution in [0.4, 0.5) is 0 Å². The molecule has 0 radical (unpaired) electrons. The van der Waals surface area contributed by atoms with Crippen LogP contribution in [0, 0.1) is 0 Å². The summed E-state index contributed by atoms with van der Waals surface area (Å²) in [7, 11) is 0. The highest BCUT2D eigenvalue weighted by molar-refractivity contribution is 5.94. The molecule has 2 aliphatic heterocycles. The highest BCUT2D eigenvalue weighted by Crippen LogP contribution is 2.32. The van der Waals surface area contributed by atoms with Crippen molar-refractivity contribution >= 4 is 5.91 Å². The van der Waals surface area contributed by atoms with E-state index in [1.165, 1.54) is 0 Å². The molecule has 13 heavy (non-hydrogen) atoms. The number of hydrogen-bond donors (Lipinski definition) is 2. The Morgan fingerprint density at radius 2 is 2.00 bits per heavy atom. The molecule has 1 amide bonds. The minimum atomic E-state index is -0.244. The van der Waals surface area contributed by atoms with Crippen molar-refractivity contribution in [3.8, 4) is 0 Å². The Kier molecular flexibility index (Phi) is 1.71. The van der Waals surface area contributed by atoms with E-state index in [0.29, 0.717) is 18.8 Å². The molecule has 0 unspecified atom stereocenters. The van der Waals surface area contributed by atoms with Crippen LogP contribution in [0.25, 0.3) is 0 Å². The van der Waals surface area contributed by atoms with Gasteiger partial charge in [-0.1, -0.05) is 0 Å². The second-order valence-electron chi connectivity index (χ2n) is 4.03. The maximum atomic E-state index is 11.5. The van der Waals surface area contributed by atoms with E-state index in [4.69, 9.17) is 4.74 Å². The van der Waals surface area contributed by atoms with Gasteiger partial charge in [0.05, 0.1) is 5.57 Å². The summed E-state index contributed by atoms with van der Waals surface area (Å²) in [6, 6.07) is 0. The topological polar surface area (TPSA) is 50.4 Å². The van der Waals surface area contributed by atoms with E-state index in [0.717, 1.165) is 12.1 Å². The highest BCUT2D eigenvalue weighted by Gasteiger charge is 2.36. The Bertz CT molecular complexity index is 281. The molecule has 72 valence electrons. The van der Waals surface area contributed by atoms with E-state index < -0.39 is 0 Å². The lowest BCUT2D eigenvalue weighted by atomic mass is 10.0. The molecule has 0 bridgehead atoms. The van der Waals surface area contributed by atoms with Crippen LogP contribution in [0.5, 0.6) is 0 Å². The summed E-state index contributed by atoms with van der Waals surface area (Å²) in [5.41, 5.74) is 0.509. The van der Waals surface area contributed by atoms with Crippen molar-refractivity contribution in [2.45, 2.75) is 25.9 Å². The van der Waals surface area contributed by atoms with Crippen LogP contribution >= 0.6 is 0 Å². The van der Waals surface area contributed by atoms with Gasteiger partial charge in [-0.05, 0) is 13.8 Å². The zero-order chi connectivity index (χ0) is 9.47. The van der Waals surface area contributed by atoms with E-state index in [1.807, 2.05) is 13.8 Å². The monoisotopic (exact) mass is 182 g/mol. The Morgan fingerprint density at radius 1 is 1.31 bits per heavy atom. The molecule has 0 fully saturated rings. The number of carbonyl (C=O) groups is 1. The molecular formula is C9H14N2O2. The fraction of sp³-hybridized carbons (Fsp3) is 0.667. The number of ether oxygens (including phenoxy) is 1. The van der Waals surface area contributed by atoms with Crippen molar-refractivity contribution < 1.29 is 9.53 Å². The molecule has 4 heteroatoms. The molecule has 2 heterocycles. The second-order valence-corrected chi connectivity index (χ2v) is 4.03. The molecule has 4 nitrogen and oxygen atoms in total. The number of hydrogen-bond acceptors (Lipinski definition) is 3. The molecule has 0 aliphatic carbocycles. The smallest absolute Gasteiger partial charge is 0.252 e. The number of rotatable bonds is 0. The predicted octanol–water partition coefficient (Wildman–Crippen LogP) is 0.116. The van der Waals surface area contributed by atoms with Gasteiger partial charge in [0.1, 0.15) is 5.60 Å². The molecule has 0 spiro atoms. The Balaban J connectivity index is 2.24. The van der Waals surface area contributed by atoms with Gasteiger partial charge in [-0.15, -0.1) is 0 Å². The summed E-state index contributed by atoms with van der Waals surface area (Å²) in [4.78, 5) is 11.5. The summed E-state index contributed by atoms with van der Waals surface area (Å²) >= 11 is 0. The van der Waals surface area contributed by atoms with Gasteiger partial charge in [-0.3, -0.25) is 4.79 Å². The first kappa shape index (κ1) is 8.41. The first-order chi connectivity index (χ1) is 6.08. The van der Waals surface area contributed by atoms with Crippen molar-refractivity contribution in [1.82, 2.24) is 10.6 Å². The van der Waals surface area contributed by atoms with Crippen molar-refractivity contribution in [3.63, 3.8) is 0 Å². The quantitative estimate of drug-likeness (QED) is 0.559. The molecular weight excluding hydrogens is 168 g/mol. The van der Waals surface area contributed by atoms with Gasteiger partial charge in [0.15, 0.2) is 5.88 Å². The number of amides is 1. The Hall–Kier alpha value is -1.19. The maximum absolute atomic E-state index is 11.5. The molecule has 0 saturated carbocycles. The lowest BCUT2D eigenvalue weighted by molar-refractivity contribution is -0.117. The van der Waals surface area contributed by atoms with Crippen LogP contribution in [0.2, 0.25) is 0 Å². The van der Waals surface area contributed by atoms with Gasteiger partial charge >= 0.3 is 0 Å². The summed E-state index contributed by atoms with van der Waals surface area (Å²) in [6.07, 6.45) is 0.682. The van der Waals surface area contributed by atoms with E-state index in [9.17, 15) is 4.79 Å². The van der Waals surface area contributed by atoms with Crippen molar-refractivity contribution in [2.75, 3.05) is 13.1 Å². The summed E-state index contributed by atoms with van der Waals surface area (Å²) < 4.78 is 5.61. The lowest BCUT2D eigenvalue weighted by Gasteiger charge is -2.20. The van der Waals surface area contributed by atoms with Gasteiger partial charge in [0.2, 0.25) is 0 Å². The highest BCUT2D eigenvalue weighted by atomic mass is 16.5. The SMILES string of the molecule is CC1(C)CC2=C(NCCNC2=O)O1. The molecule has 0 atom stereocenters. The largest absolute Gasteiger partial charge is 0.472 e. The maximum Gasteiger partial charge on any atom is 0.252 e. The first-order valence-corrected chi connectivity index (χ1v) is 4.53. The van der Waals surface area contributed by atoms with Crippen LogP contribution in [-0.4, -0.2) is 24.6 Å². The van der Waals surface area contributed by atoms with Crippen molar-refractivity contribution in [2.24, 2.45) is 0 Å². The van der Waals surface area contributed by atoms with E-state index in [-0.39, 0.29) is 11.5 Å². The van der Waals surface area contributed by atoms with Crippen LogP contribution in [0.3, 0.4) is 0 Å². The number of nitrogens with one attached hydrogen (secondary N) is 2. The average molecular weight is 182 g/mol. The Morgan fingerprint density at radius 3 is 2.77 bits per heavy atom. The average Bonchev–Trinajstić information content (AvgIpc) is 2.26. The molecule has 0 aromatic rings. The molecule has 2 N–H and O–H groups in total. The van der Waals surface area contributed by atoms with Gasteiger partial charge in [-0.2, -0.15) is 0 Å². The van der Waals surface area contributed by atoms with Crippen molar-refractivity contribution in [3.05, 3.63) is 11.5 Å². The van der Waals surface area contributed by atoms with Gasteiger partial charge in [0.25, 0.3) is 5.91 Å². The Labute approximate surface area is 77.3 Å². The van der Waals surface area contributed by atoms with Crippen LogP contribution in [-0.2, 0) is 9.53 Å². The van der Waals surface area contributed by atoms with Gasteiger partial charge in [0, 0.05) is 19.5 Å². The zero-order valence-electron chi connectivity index (χ0n) is 7.94.